The summed E-state index contributed by atoms with van der Waals surface area (Å²) in [6.07, 6.45) is 3.71. The van der Waals surface area contributed by atoms with E-state index in [0.29, 0.717) is 11.7 Å². The SMILES string of the molecule is O=S(=O)(CC1CC1)NC1CC(Cl)C1. The van der Waals surface area contributed by atoms with Crippen molar-refractivity contribution in [1.29, 1.82) is 0 Å². The third-order valence-electron chi connectivity index (χ3n) is 2.58. The van der Waals surface area contributed by atoms with Crippen LogP contribution < -0.4 is 4.72 Å². The third kappa shape index (κ3) is 2.82. The van der Waals surface area contributed by atoms with Crippen molar-refractivity contribution in [2.75, 3.05) is 5.75 Å². The second-order valence-corrected chi connectivity index (χ2v) is 6.52. The molecular formula is C8H14ClNO2S. The van der Waals surface area contributed by atoms with Gasteiger partial charge in [-0.15, -0.1) is 11.6 Å². The van der Waals surface area contributed by atoms with Crippen LogP contribution in [0.4, 0.5) is 0 Å². The Morgan fingerprint density at radius 1 is 1.31 bits per heavy atom. The molecule has 2 fully saturated rings. The summed E-state index contributed by atoms with van der Waals surface area (Å²) < 4.78 is 25.6. The molecule has 2 saturated carbocycles. The van der Waals surface area contributed by atoms with Gasteiger partial charge in [0.15, 0.2) is 0 Å². The van der Waals surface area contributed by atoms with E-state index in [-0.39, 0.29) is 11.4 Å². The first-order valence-electron chi connectivity index (χ1n) is 4.69. The van der Waals surface area contributed by atoms with E-state index in [1.165, 1.54) is 0 Å². The first-order valence-corrected chi connectivity index (χ1v) is 6.78. The van der Waals surface area contributed by atoms with E-state index >= 15 is 0 Å². The lowest BCUT2D eigenvalue weighted by Gasteiger charge is -2.31. The van der Waals surface area contributed by atoms with Crippen molar-refractivity contribution in [1.82, 2.24) is 4.72 Å². The molecule has 0 spiro atoms. The first kappa shape index (κ1) is 9.74. The number of alkyl halides is 1. The van der Waals surface area contributed by atoms with E-state index in [9.17, 15) is 8.42 Å². The Bertz CT molecular complexity index is 281. The maximum atomic E-state index is 11.4. The van der Waals surface area contributed by atoms with Crippen LogP contribution in [0.15, 0.2) is 0 Å². The molecule has 2 aliphatic rings. The Morgan fingerprint density at radius 2 is 1.92 bits per heavy atom. The summed E-state index contributed by atoms with van der Waals surface area (Å²) in [6, 6.07) is 0.103. The van der Waals surface area contributed by atoms with Crippen molar-refractivity contribution in [3.8, 4) is 0 Å². The molecule has 3 nitrogen and oxygen atoms in total. The van der Waals surface area contributed by atoms with Crippen LogP contribution in [-0.4, -0.2) is 25.6 Å². The molecule has 0 aliphatic heterocycles. The minimum atomic E-state index is -3.01. The predicted molar refractivity (Wildman–Crippen MR) is 52.3 cm³/mol. The molecule has 0 unspecified atom stereocenters. The molecule has 0 saturated heterocycles. The maximum absolute atomic E-state index is 11.4. The van der Waals surface area contributed by atoms with Crippen molar-refractivity contribution >= 4 is 21.6 Å². The van der Waals surface area contributed by atoms with Crippen LogP contribution in [0.1, 0.15) is 25.7 Å². The van der Waals surface area contributed by atoms with Crippen LogP contribution >= 0.6 is 11.6 Å². The lowest BCUT2D eigenvalue weighted by atomic mass is 9.94. The van der Waals surface area contributed by atoms with Crippen molar-refractivity contribution < 1.29 is 8.42 Å². The van der Waals surface area contributed by atoms with E-state index in [2.05, 4.69) is 4.72 Å². The van der Waals surface area contributed by atoms with Gasteiger partial charge in [0.1, 0.15) is 0 Å². The fraction of sp³-hybridized carbons (Fsp3) is 1.00. The zero-order chi connectivity index (χ0) is 9.47. The Balaban J connectivity index is 1.78. The molecule has 1 N–H and O–H groups in total. The highest BCUT2D eigenvalue weighted by molar-refractivity contribution is 7.89. The van der Waals surface area contributed by atoms with E-state index in [1.54, 1.807) is 0 Å². The molecule has 0 atom stereocenters. The molecule has 0 aromatic rings. The van der Waals surface area contributed by atoms with Crippen LogP contribution in [0.25, 0.3) is 0 Å². The summed E-state index contributed by atoms with van der Waals surface area (Å²) >= 11 is 5.76. The minimum absolute atomic E-state index is 0.103. The van der Waals surface area contributed by atoms with Crippen molar-refractivity contribution in [2.24, 2.45) is 5.92 Å². The lowest BCUT2D eigenvalue weighted by Crippen LogP contribution is -2.45. The van der Waals surface area contributed by atoms with Crippen LogP contribution in [0.3, 0.4) is 0 Å². The van der Waals surface area contributed by atoms with Gasteiger partial charge in [-0.25, -0.2) is 13.1 Å². The highest BCUT2D eigenvalue weighted by Gasteiger charge is 2.33. The molecular weight excluding hydrogens is 210 g/mol. The van der Waals surface area contributed by atoms with Crippen molar-refractivity contribution in [2.45, 2.75) is 37.1 Å². The standard InChI is InChI=1S/C8H14ClNO2S/c9-7-3-8(4-7)10-13(11,12)5-6-1-2-6/h6-8,10H,1-5H2. The second kappa shape index (κ2) is 3.41. The van der Waals surface area contributed by atoms with Gasteiger partial charge in [-0.2, -0.15) is 0 Å². The molecule has 0 aromatic carbocycles. The molecule has 5 heteroatoms. The molecule has 0 aromatic heterocycles. The molecule has 0 bridgehead atoms. The van der Waals surface area contributed by atoms with Gasteiger partial charge in [-0.1, -0.05) is 0 Å². The van der Waals surface area contributed by atoms with Gasteiger partial charge in [0.05, 0.1) is 5.75 Å². The summed E-state index contributed by atoms with van der Waals surface area (Å²) in [5, 5.41) is 0.175. The number of sulfonamides is 1. The highest BCUT2D eigenvalue weighted by Crippen LogP contribution is 2.31. The van der Waals surface area contributed by atoms with Crippen LogP contribution in [0, 0.1) is 5.92 Å². The number of nitrogens with one attached hydrogen (secondary N) is 1. The van der Waals surface area contributed by atoms with Crippen LogP contribution in [0.2, 0.25) is 0 Å². The Morgan fingerprint density at radius 3 is 2.38 bits per heavy atom. The van der Waals surface area contributed by atoms with Crippen molar-refractivity contribution in [3.05, 3.63) is 0 Å². The largest absolute Gasteiger partial charge is 0.212 e. The fourth-order valence-electron chi connectivity index (χ4n) is 1.54. The fourth-order valence-corrected chi connectivity index (χ4v) is 3.72. The van der Waals surface area contributed by atoms with Gasteiger partial charge >= 0.3 is 0 Å². The van der Waals surface area contributed by atoms with Gasteiger partial charge in [0, 0.05) is 11.4 Å². The Kier molecular flexibility index (Phi) is 2.55. The van der Waals surface area contributed by atoms with Gasteiger partial charge in [0.2, 0.25) is 10.0 Å². The average Bonchev–Trinajstić information content (AvgIpc) is 2.66. The molecule has 0 amide bonds. The van der Waals surface area contributed by atoms with E-state index in [0.717, 1.165) is 25.7 Å². The molecule has 0 radical (unpaired) electrons. The summed E-state index contributed by atoms with van der Waals surface area (Å²) in [5.41, 5.74) is 0. The normalized spacial score (nSPS) is 34.2. The van der Waals surface area contributed by atoms with Gasteiger partial charge < -0.3 is 0 Å². The third-order valence-corrected chi connectivity index (χ3v) is 4.54. The summed E-state index contributed by atoms with van der Waals surface area (Å²) in [7, 11) is -3.01. The summed E-state index contributed by atoms with van der Waals surface area (Å²) in [6.45, 7) is 0. The van der Waals surface area contributed by atoms with Gasteiger partial charge in [0.25, 0.3) is 0 Å². The number of rotatable bonds is 4. The first-order chi connectivity index (χ1) is 6.05. The van der Waals surface area contributed by atoms with Gasteiger partial charge in [-0.3, -0.25) is 0 Å². The maximum Gasteiger partial charge on any atom is 0.212 e. The lowest BCUT2D eigenvalue weighted by molar-refractivity contribution is 0.391. The van der Waals surface area contributed by atoms with Crippen LogP contribution in [-0.2, 0) is 10.0 Å². The summed E-state index contributed by atoms with van der Waals surface area (Å²) in [4.78, 5) is 0. The zero-order valence-electron chi connectivity index (χ0n) is 7.37. The molecule has 76 valence electrons. The molecule has 2 rings (SSSR count). The van der Waals surface area contributed by atoms with E-state index < -0.39 is 10.0 Å². The quantitative estimate of drug-likeness (QED) is 0.726. The monoisotopic (exact) mass is 223 g/mol. The van der Waals surface area contributed by atoms with Crippen LogP contribution in [0.5, 0.6) is 0 Å². The zero-order valence-corrected chi connectivity index (χ0v) is 8.94. The van der Waals surface area contributed by atoms with E-state index in [4.69, 9.17) is 11.6 Å². The predicted octanol–water partition coefficient (Wildman–Crippen LogP) is 1.09. The second-order valence-electron chi connectivity index (χ2n) is 4.11. The minimum Gasteiger partial charge on any atom is -0.212 e. The number of hydrogen-bond acceptors (Lipinski definition) is 2. The topological polar surface area (TPSA) is 46.2 Å². The number of hydrogen-bond donors (Lipinski definition) is 1. The Hall–Kier alpha value is 0.200. The summed E-state index contributed by atoms with van der Waals surface area (Å²) in [5.74, 6) is 0.737. The molecule has 2 aliphatic carbocycles. The molecule has 0 heterocycles. The smallest absolute Gasteiger partial charge is 0.212 e. The highest BCUT2D eigenvalue weighted by atomic mass is 35.5. The Labute approximate surface area is 83.9 Å². The molecule has 13 heavy (non-hydrogen) atoms. The van der Waals surface area contributed by atoms with Crippen molar-refractivity contribution in [3.63, 3.8) is 0 Å². The van der Waals surface area contributed by atoms with Gasteiger partial charge in [-0.05, 0) is 31.6 Å². The average molecular weight is 224 g/mol. The van der Waals surface area contributed by atoms with E-state index in [1.807, 2.05) is 0 Å². The number of halogens is 1.